The topological polar surface area (TPSA) is 98.3 Å². The van der Waals surface area contributed by atoms with E-state index in [0.29, 0.717) is 12.3 Å². The van der Waals surface area contributed by atoms with Crippen LogP contribution >= 0.6 is 11.6 Å². The maximum Gasteiger partial charge on any atom is 0.573 e. The number of urea groups is 1. The van der Waals surface area contributed by atoms with Gasteiger partial charge in [0.25, 0.3) is 0 Å². The minimum atomic E-state index is -4.84. The molecule has 0 aliphatic carbocycles. The van der Waals surface area contributed by atoms with Crippen molar-refractivity contribution in [3.63, 3.8) is 0 Å². The number of carbonyl (C=O) groups excluding carboxylic acids is 1. The Balaban J connectivity index is 0.00000450. The van der Waals surface area contributed by atoms with Gasteiger partial charge in [0.05, 0.1) is 16.8 Å². The van der Waals surface area contributed by atoms with Gasteiger partial charge in [-0.15, -0.1) is 13.2 Å². The van der Waals surface area contributed by atoms with E-state index in [9.17, 15) is 31.1 Å². The van der Waals surface area contributed by atoms with Crippen LogP contribution in [0.3, 0.4) is 0 Å². The standard InChI is InChI=1S/C16H11ClF6N4O2.H2O/c1-27(25-8-13-12(17)6-9(7-24-13)15(18,19)20)14(28)26-10-2-4-11(5-3-10)29-16(21,22)23;/h2-8H,1H3,(H,26,28);1H2/b25-8-;. The fourth-order valence-electron chi connectivity index (χ4n) is 1.84. The van der Waals surface area contributed by atoms with Crippen molar-refractivity contribution in [2.45, 2.75) is 12.5 Å². The van der Waals surface area contributed by atoms with Crippen LogP contribution in [-0.4, -0.2) is 41.1 Å². The normalized spacial score (nSPS) is 11.7. The van der Waals surface area contributed by atoms with Gasteiger partial charge in [-0.05, 0) is 30.3 Å². The first-order valence-corrected chi connectivity index (χ1v) is 7.90. The third-order valence-electron chi connectivity index (χ3n) is 3.18. The molecule has 0 spiro atoms. The summed E-state index contributed by atoms with van der Waals surface area (Å²) in [7, 11) is 1.23. The quantitative estimate of drug-likeness (QED) is 0.419. The number of benzene rings is 1. The number of nitrogens with zero attached hydrogens (tertiary/aromatic N) is 3. The zero-order valence-corrected chi connectivity index (χ0v) is 15.6. The highest BCUT2D eigenvalue weighted by molar-refractivity contribution is 6.32. The minimum Gasteiger partial charge on any atom is -0.412 e. The molecule has 2 amide bonds. The van der Waals surface area contributed by atoms with E-state index in [1.54, 1.807) is 0 Å². The summed E-state index contributed by atoms with van der Waals surface area (Å²) in [6.45, 7) is 0. The third-order valence-corrected chi connectivity index (χ3v) is 3.49. The van der Waals surface area contributed by atoms with E-state index in [1.807, 2.05) is 0 Å². The maximum absolute atomic E-state index is 12.6. The zero-order valence-electron chi connectivity index (χ0n) is 14.8. The molecule has 30 heavy (non-hydrogen) atoms. The number of carbonyl (C=O) groups is 1. The van der Waals surface area contributed by atoms with Crippen molar-refractivity contribution in [3.05, 3.63) is 52.8 Å². The fourth-order valence-corrected chi connectivity index (χ4v) is 2.05. The molecule has 0 saturated heterocycles. The number of hydrogen-bond acceptors (Lipinski definition) is 4. The first-order valence-electron chi connectivity index (χ1n) is 7.52. The summed E-state index contributed by atoms with van der Waals surface area (Å²) in [5.74, 6) is -0.468. The second-order valence-electron chi connectivity index (χ2n) is 5.36. The van der Waals surface area contributed by atoms with E-state index >= 15 is 0 Å². The van der Waals surface area contributed by atoms with Crippen molar-refractivity contribution in [2.24, 2.45) is 5.10 Å². The number of alkyl halides is 6. The van der Waals surface area contributed by atoms with Crippen LogP contribution in [0.4, 0.5) is 36.8 Å². The molecule has 0 radical (unpaired) electrons. The molecular formula is C16H13ClF6N4O3. The van der Waals surface area contributed by atoms with Crippen LogP contribution in [0, 0.1) is 0 Å². The molecule has 0 fully saturated rings. The number of rotatable bonds is 4. The molecule has 1 aromatic heterocycles. The van der Waals surface area contributed by atoms with Gasteiger partial charge >= 0.3 is 18.6 Å². The van der Waals surface area contributed by atoms with Gasteiger partial charge in [0.15, 0.2) is 0 Å². The second kappa shape index (κ2) is 9.63. The number of nitrogens with one attached hydrogen (secondary N) is 1. The van der Waals surface area contributed by atoms with Crippen LogP contribution in [0.1, 0.15) is 11.3 Å². The third kappa shape index (κ3) is 7.40. The maximum atomic E-state index is 12.6. The van der Waals surface area contributed by atoms with Gasteiger partial charge in [-0.1, -0.05) is 11.6 Å². The summed E-state index contributed by atoms with van der Waals surface area (Å²) < 4.78 is 77.7. The van der Waals surface area contributed by atoms with Gasteiger partial charge in [0.2, 0.25) is 0 Å². The highest BCUT2D eigenvalue weighted by Gasteiger charge is 2.32. The lowest BCUT2D eigenvalue weighted by Crippen LogP contribution is -2.27. The lowest BCUT2D eigenvalue weighted by Gasteiger charge is -2.13. The molecule has 2 rings (SSSR count). The van der Waals surface area contributed by atoms with Crippen LogP contribution in [0.2, 0.25) is 5.02 Å². The lowest BCUT2D eigenvalue weighted by atomic mass is 10.2. The Morgan fingerprint density at radius 3 is 2.30 bits per heavy atom. The number of pyridine rings is 1. The van der Waals surface area contributed by atoms with E-state index in [1.165, 1.54) is 19.2 Å². The van der Waals surface area contributed by atoms with E-state index in [4.69, 9.17) is 11.6 Å². The number of hydrazone groups is 1. The summed E-state index contributed by atoms with van der Waals surface area (Å²) in [5, 5.41) is 6.52. The molecule has 0 aliphatic rings. The van der Waals surface area contributed by atoms with Crippen molar-refractivity contribution >= 4 is 29.5 Å². The molecule has 3 N–H and O–H groups in total. The molecule has 7 nitrogen and oxygen atoms in total. The molecule has 0 atom stereocenters. The minimum absolute atomic E-state index is 0. The highest BCUT2D eigenvalue weighted by atomic mass is 35.5. The Bertz CT molecular complexity index is 903. The van der Waals surface area contributed by atoms with Crippen LogP contribution in [0.5, 0.6) is 5.75 Å². The molecule has 1 aromatic carbocycles. The Labute approximate surface area is 170 Å². The van der Waals surface area contributed by atoms with Crippen molar-refractivity contribution in [3.8, 4) is 5.75 Å². The molecule has 0 aliphatic heterocycles. The predicted octanol–water partition coefficient (Wildman–Crippen LogP) is 4.33. The molecule has 164 valence electrons. The van der Waals surface area contributed by atoms with Gasteiger partial charge in [-0.2, -0.15) is 18.3 Å². The van der Waals surface area contributed by atoms with E-state index in [-0.39, 0.29) is 21.9 Å². The van der Waals surface area contributed by atoms with E-state index < -0.39 is 29.9 Å². The number of aromatic nitrogens is 1. The van der Waals surface area contributed by atoms with E-state index in [2.05, 4.69) is 20.1 Å². The predicted molar refractivity (Wildman–Crippen MR) is 95.4 cm³/mol. The first kappa shape index (κ1) is 25.0. The lowest BCUT2D eigenvalue weighted by molar-refractivity contribution is -0.274. The Kier molecular flexibility index (Phi) is 8.01. The number of hydrogen-bond donors (Lipinski definition) is 1. The number of ether oxygens (including phenoxy) is 1. The Hall–Kier alpha value is -3.06. The zero-order chi connectivity index (χ0) is 21.8. The monoisotopic (exact) mass is 458 g/mol. The number of halogens is 7. The van der Waals surface area contributed by atoms with Gasteiger partial charge < -0.3 is 15.5 Å². The van der Waals surface area contributed by atoms with Gasteiger partial charge in [0, 0.05) is 18.9 Å². The van der Waals surface area contributed by atoms with Crippen LogP contribution < -0.4 is 10.1 Å². The summed E-state index contributed by atoms with van der Waals surface area (Å²) >= 11 is 5.72. The SMILES string of the molecule is CN(/N=C\c1ncc(C(F)(F)F)cc1Cl)C(=O)Nc1ccc(OC(F)(F)F)cc1.O. The molecule has 0 unspecified atom stereocenters. The van der Waals surface area contributed by atoms with Gasteiger partial charge in [0.1, 0.15) is 11.4 Å². The smallest absolute Gasteiger partial charge is 0.412 e. The van der Waals surface area contributed by atoms with Crippen molar-refractivity contribution in [1.29, 1.82) is 0 Å². The fraction of sp³-hybridized carbons (Fsp3) is 0.188. The van der Waals surface area contributed by atoms with Crippen molar-refractivity contribution < 1.29 is 41.4 Å². The summed E-state index contributed by atoms with van der Waals surface area (Å²) in [6.07, 6.45) is -7.91. The summed E-state index contributed by atoms with van der Waals surface area (Å²) in [6, 6.07) is 4.22. The molecule has 0 saturated carbocycles. The number of amides is 2. The molecule has 0 bridgehead atoms. The van der Waals surface area contributed by atoms with Crippen LogP contribution in [-0.2, 0) is 6.18 Å². The van der Waals surface area contributed by atoms with Gasteiger partial charge in [-0.25, -0.2) is 9.80 Å². The van der Waals surface area contributed by atoms with Crippen LogP contribution in [0.25, 0.3) is 0 Å². The van der Waals surface area contributed by atoms with Crippen LogP contribution in [0.15, 0.2) is 41.6 Å². The van der Waals surface area contributed by atoms with Crippen molar-refractivity contribution in [1.82, 2.24) is 9.99 Å². The van der Waals surface area contributed by atoms with Crippen molar-refractivity contribution in [2.75, 3.05) is 12.4 Å². The molecule has 2 aromatic rings. The van der Waals surface area contributed by atoms with Gasteiger partial charge in [-0.3, -0.25) is 4.98 Å². The summed E-state index contributed by atoms with van der Waals surface area (Å²) in [5.41, 5.74) is -0.992. The largest absolute Gasteiger partial charge is 0.573 e. The first-order chi connectivity index (χ1) is 13.3. The molecular weight excluding hydrogens is 446 g/mol. The molecule has 1 heterocycles. The molecule has 14 heteroatoms. The summed E-state index contributed by atoms with van der Waals surface area (Å²) in [4.78, 5) is 15.5. The average molecular weight is 459 g/mol. The average Bonchev–Trinajstić information content (AvgIpc) is 2.60. The van der Waals surface area contributed by atoms with E-state index in [0.717, 1.165) is 23.4 Å². The highest BCUT2D eigenvalue weighted by Crippen LogP contribution is 2.30. The second-order valence-corrected chi connectivity index (χ2v) is 5.77. The number of anilines is 1. The Morgan fingerprint density at radius 1 is 1.20 bits per heavy atom. The Morgan fingerprint density at radius 2 is 1.80 bits per heavy atom.